The van der Waals surface area contributed by atoms with Crippen LogP contribution in [0, 0.1) is 0 Å². The molecule has 0 saturated heterocycles. The van der Waals surface area contributed by atoms with Gasteiger partial charge in [-0.25, -0.2) is 4.79 Å². The summed E-state index contributed by atoms with van der Waals surface area (Å²) in [5.74, 6) is -1.14. The molecule has 0 unspecified atom stereocenters. The molecular weight excluding hydrogens is 247 g/mol. The lowest BCUT2D eigenvalue weighted by atomic mass is 10.1. The Hall–Kier alpha value is -1.43. The van der Waals surface area contributed by atoms with Gasteiger partial charge in [0, 0.05) is 5.69 Å². The molecule has 1 aromatic carbocycles. The van der Waals surface area contributed by atoms with E-state index in [0.29, 0.717) is 0 Å². The summed E-state index contributed by atoms with van der Waals surface area (Å²) in [5, 5.41) is -0.632. The van der Waals surface area contributed by atoms with Crippen molar-refractivity contribution in [3.05, 3.63) is 28.3 Å². The molecule has 0 bridgehead atoms. The average molecular weight is 254 g/mol. The fourth-order valence-electron chi connectivity index (χ4n) is 1.19. The molecular formula is C9H7ClF3NO2. The third kappa shape index (κ3) is 2.38. The van der Waals surface area contributed by atoms with Crippen LogP contribution < -0.4 is 5.73 Å². The van der Waals surface area contributed by atoms with E-state index in [-0.39, 0.29) is 5.69 Å². The molecule has 0 aliphatic carbocycles. The van der Waals surface area contributed by atoms with Crippen molar-refractivity contribution in [3.8, 4) is 0 Å². The minimum atomic E-state index is -4.74. The number of halogens is 4. The number of benzene rings is 1. The zero-order chi connectivity index (χ0) is 12.5. The molecule has 2 N–H and O–H groups in total. The number of ether oxygens (including phenoxy) is 1. The van der Waals surface area contributed by atoms with Gasteiger partial charge in [0.25, 0.3) is 0 Å². The van der Waals surface area contributed by atoms with Crippen LogP contribution in [0.4, 0.5) is 18.9 Å². The number of hydrogen-bond donors (Lipinski definition) is 1. The number of carbonyl (C=O) groups is 1. The first-order valence-electron chi connectivity index (χ1n) is 4.02. The topological polar surface area (TPSA) is 52.3 Å². The van der Waals surface area contributed by atoms with E-state index in [9.17, 15) is 18.0 Å². The molecule has 0 fully saturated rings. The minimum Gasteiger partial charge on any atom is -0.465 e. The normalized spacial score (nSPS) is 11.3. The monoisotopic (exact) mass is 253 g/mol. The van der Waals surface area contributed by atoms with Gasteiger partial charge < -0.3 is 10.5 Å². The van der Waals surface area contributed by atoms with Crippen LogP contribution >= 0.6 is 11.6 Å². The van der Waals surface area contributed by atoms with Crippen LogP contribution in [0.3, 0.4) is 0 Å². The maximum atomic E-state index is 12.6. The van der Waals surface area contributed by atoms with E-state index in [2.05, 4.69) is 4.74 Å². The van der Waals surface area contributed by atoms with Crippen LogP contribution in [-0.2, 0) is 10.9 Å². The SMILES string of the molecule is COC(=O)c1cc(N)cc(Cl)c1C(F)(F)F. The van der Waals surface area contributed by atoms with Crippen molar-refractivity contribution in [2.75, 3.05) is 12.8 Å². The van der Waals surface area contributed by atoms with Crippen LogP contribution in [0.15, 0.2) is 12.1 Å². The van der Waals surface area contributed by atoms with E-state index in [4.69, 9.17) is 17.3 Å². The maximum Gasteiger partial charge on any atom is 0.418 e. The van der Waals surface area contributed by atoms with Gasteiger partial charge in [0.05, 0.1) is 23.3 Å². The average Bonchev–Trinajstić information content (AvgIpc) is 2.12. The summed E-state index contributed by atoms with van der Waals surface area (Å²) in [6, 6.07) is 1.80. The first-order valence-corrected chi connectivity index (χ1v) is 4.39. The molecule has 0 heterocycles. The lowest BCUT2D eigenvalue weighted by molar-refractivity contribution is -0.138. The summed E-state index contributed by atoms with van der Waals surface area (Å²) >= 11 is 5.41. The highest BCUT2D eigenvalue weighted by atomic mass is 35.5. The number of alkyl halides is 3. The molecule has 1 rings (SSSR count). The zero-order valence-corrected chi connectivity index (χ0v) is 8.82. The Morgan fingerprint density at radius 3 is 2.44 bits per heavy atom. The smallest absolute Gasteiger partial charge is 0.418 e. The van der Waals surface area contributed by atoms with Gasteiger partial charge in [-0.2, -0.15) is 13.2 Å². The predicted molar refractivity (Wildman–Crippen MR) is 52.2 cm³/mol. The van der Waals surface area contributed by atoms with E-state index in [0.717, 1.165) is 19.2 Å². The summed E-state index contributed by atoms with van der Waals surface area (Å²) in [5.41, 5.74) is 3.33. The molecule has 0 radical (unpaired) electrons. The van der Waals surface area contributed by atoms with Crippen molar-refractivity contribution in [2.24, 2.45) is 0 Å². The minimum absolute atomic E-state index is 0.0431. The summed E-state index contributed by atoms with van der Waals surface area (Å²) < 4.78 is 42.0. The van der Waals surface area contributed by atoms with Gasteiger partial charge in [-0.3, -0.25) is 0 Å². The van der Waals surface area contributed by atoms with Gasteiger partial charge in [0.1, 0.15) is 0 Å². The zero-order valence-electron chi connectivity index (χ0n) is 8.06. The molecule has 0 amide bonds. The van der Waals surface area contributed by atoms with E-state index < -0.39 is 28.3 Å². The van der Waals surface area contributed by atoms with Crippen molar-refractivity contribution in [3.63, 3.8) is 0 Å². The molecule has 1 aromatic rings. The van der Waals surface area contributed by atoms with Gasteiger partial charge in [0.15, 0.2) is 0 Å². The van der Waals surface area contributed by atoms with Gasteiger partial charge in [-0.05, 0) is 12.1 Å². The van der Waals surface area contributed by atoms with E-state index >= 15 is 0 Å². The van der Waals surface area contributed by atoms with Gasteiger partial charge in [-0.15, -0.1) is 0 Å². The molecule has 7 heteroatoms. The molecule has 0 aliphatic heterocycles. The molecule has 0 spiro atoms. The fraction of sp³-hybridized carbons (Fsp3) is 0.222. The summed E-state index contributed by atoms with van der Waals surface area (Å²) in [6.45, 7) is 0. The standard InChI is InChI=1S/C9H7ClF3NO2/c1-16-8(15)5-2-4(14)3-6(10)7(5)9(11,12)13/h2-3H,14H2,1H3. The molecule has 0 saturated carbocycles. The van der Waals surface area contributed by atoms with Crippen LogP contribution in [0.25, 0.3) is 0 Å². The third-order valence-corrected chi connectivity index (χ3v) is 2.10. The molecule has 0 aliphatic rings. The van der Waals surface area contributed by atoms with Crippen molar-refractivity contribution in [1.29, 1.82) is 0 Å². The molecule has 88 valence electrons. The Kier molecular flexibility index (Phi) is 3.32. The molecule has 0 atom stereocenters. The second-order valence-corrected chi connectivity index (χ2v) is 3.32. The highest BCUT2D eigenvalue weighted by Crippen LogP contribution is 2.38. The third-order valence-electron chi connectivity index (χ3n) is 1.80. The lowest BCUT2D eigenvalue weighted by Crippen LogP contribution is -2.15. The van der Waals surface area contributed by atoms with Crippen molar-refractivity contribution < 1.29 is 22.7 Å². The first kappa shape index (κ1) is 12.6. The number of methoxy groups -OCH3 is 1. The second kappa shape index (κ2) is 4.21. The van der Waals surface area contributed by atoms with E-state index in [1.807, 2.05) is 0 Å². The van der Waals surface area contributed by atoms with Gasteiger partial charge in [-0.1, -0.05) is 11.6 Å². The number of nitrogen functional groups attached to an aromatic ring is 1. The van der Waals surface area contributed by atoms with Crippen molar-refractivity contribution in [1.82, 2.24) is 0 Å². The van der Waals surface area contributed by atoms with Gasteiger partial charge in [0.2, 0.25) is 0 Å². The number of carbonyl (C=O) groups excluding carboxylic acids is 1. The molecule has 16 heavy (non-hydrogen) atoms. The second-order valence-electron chi connectivity index (χ2n) is 2.91. The Morgan fingerprint density at radius 2 is 2.00 bits per heavy atom. The molecule has 0 aromatic heterocycles. The Bertz CT molecular complexity index is 431. The number of nitrogens with two attached hydrogens (primary N) is 1. The fourth-order valence-corrected chi connectivity index (χ4v) is 1.52. The maximum absolute atomic E-state index is 12.6. The quantitative estimate of drug-likeness (QED) is 0.618. The Labute approximate surface area is 93.9 Å². The van der Waals surface area contributed by atoms with E-state index in [1.165, 1.54) is 0 Å². The van der Waals surface area contributed by atoms with Gasteiger partial charge >= 0.3 is 12.1 Å². The highest BCUT2D eigenvalue weighted by Gasteiger charge is 2.38. The molecule has 3 nitrogen and oxygen atoms in total. The van der Waals surface area contributed by atoms with Crippen LogP contribution in [0.1, 0.15) is 15.9 Å². The van der Waals surface area contributed by atoms with Crippen LogP contribution in [-0.4, -0.2) is 13.1 Å². The Morgan fingerprint density at radius 1 is 1.44 bits per heavy atom. The Balaban J connectivity index is 3.51. The largest absolute Gasteiger partial charge is 0.465 e. The number of anilines is 1. The predicted octanol–water partition coefficient (Wildman–Crippen LogP) is 2.73. The summed E-state index contributed by atoms with van der Waals surface area (Å²) in [7, 11) is 0.972. The van der Waals surface area contributed by atoms with E-state index in [1.54, 1.807) is 0 Å². The first-order chi connectivity index (χ1) is 7.27. The summed E-state index contributed by atoms with van der Waals surface area (Å²) in [6.07, 6.45) is -4.74. The highest BCUT2D eigenvalue weighted by molar-refractivity contribution is 6.32. The van der Waals surface area contributed by atoms with Crippen LogP contribution in [0.2, 0.25) is 5.02 Å². The number of rotatable bonds is 1. The van der Waals surface area contributed by atoms with Crippen molar-refractivity contribution >= 4 is 23.3 Å². The van der Waals surface area contributed by atoms with Crippen LogP contribution in [0.5, 0.6) is 0 Å². The number of hydrogen-bond acceptors (Lipinski definition) is 3. The summed E-state index contributed by atoms with van der Waals surface area (Å²) in [4.78, 5) is 11.1. The lowest BCUT2D eigenvalue weighted by Gasteiger charge is -2.13. The number of esters is 1. The van der Waals surface area contributed by atoms with Crippen molar-refractivity contribution in [2.45, 2.75) is 6.18 Å².